The molecule has 2 aliphatic carbocycles. The lowest BCUT2D eigenvalue weighted by Gasteiger charge is -2.37. The molecule has 6 rings (SSSR count). The molecular weight excluding hydrogens is 412 g/mol. The predicted octanol–water partition coefficient (Wildman–Crippen LogP) is 8.55. The molecule has 4 aromatic rings. The van der Waals surface area contributed by atoms with E-state index in [1.165, 1.54) is 33.0 Å². The number of hydrogen-bond acceptors (Lipinski definition) is 0. The number of benzene rings is 4. The summed E-state index contributed by atoms with van der Waals surface area (Å²) in [6.07, 6.45) is 6.13. The van der Waals surface area contributed by atoms with Crippen LogP contribution in [0.4, 0.5) is 0 Å². The molecule has 33 heavy (non-hydrogen) atoms. The first kappa shape index (κ1) is 20.4. The molecule has 0 saturated heterocycles. The standard InChI is InChI=1S/C32H30Si/c1-22-19-30-26-14-8-7-13-24(26)17-18-29(30)32(22)33(2,3)31-21-25(20-23-11-5-4-6-12-23)27-15-9-10-16-28(27)31/h4-19,21,31-32H,20H2,1-3H3. The van der Waals surface area contributed by atoms with Crippen LogP contribution in [0.2, 0.25) is 13.1 Å². The molecule has 0 saturated carbocycles. The monoisotopic (exact) mass is 442 g/mol. The van der Waals surface area contributed by atoms with Crippen LogP contribution >= 0.6 is 0 Å². The highest BCUT2D eigenvalue weighted by Crippen LogP contribution is 2.52. The van der Waals surface area contributed by atoms with E-state index >= 15 is 0 Å². The second kappa shape index (κ2) is 7.71. The van der Waals surface area contributed by atoms with E-state index in [1.807, 2.05) is 0 Å². The third-order valence-corrected chi connectivity index (χ3v) is 12.3. The van der Waals surface area contributed by atoms with E-state index in [1.54, 1.807) is 16.7 Å². The largest absolute Gasteiger partial charge is 0.0755 e. The molecule has 0 heterocycles. The van der Waals surface area contributed by atoms with Gasteiger partial charge in [-0.1, -0.05) is 122 Å². The van der Waals surface area contributed by atoms with Crippen molar-refractivity contribution in [1.82, 2.24) is 0 Å². The van der Waals surface area contributed by atoms with Crippen LogP contribution in [0.25, 0.3) is 22.4 Å². The van der Waals surface area contributed by atoms with Crippen LogP contribution in [0, 0.1) is 0 Å². The number of rotatable bonds is 4. The zero-order chi connectivity index (χ0) is 22.6. The summed E-state index contributed by atoms with van der Waals surface area (Å²) in [5.41, 5.74) is 11.5. The summed E-state index contributed by atoms with van der Waals surface area (Å²) in [6.45, 7) is 7.59. The Hall–Kier alpha value is -3.16. The van der Waals surface area contributed by atoms with E-state index in [-0.39, 0.29) is 0 Å². The van der Waals surface area contributed by atoms with Gasteiger partial charge < -0.3 is 0 Å². The molecule has 0 nitrogen and oxygen atoms in total. The molecule has 0 radical (unpaired) electrons. The molecule has 0 amide bonds. The topological polar surface area (TPSA) is 0 Å². The van der Waals surface area contributed by atoms with Crippen LogP contribution < -0.4 is 0 Å². The summed E-state index contributed by atoms with van der Waals surface area (Å²) < 4.78 is 0. The van der Waals surface area contributed by atoms with Gasteiger partial charge in [0.05, 0.1) is 8.07 Å². The maximum Gasteiger partial charge on any atom is 0.0718 e. The van der Waals surface area contributed by atoms with Crippen molar-refractivity contribution < 1.29 is 0 Å². The third-order valence-electron chi connectivity index (χ3n) is 7.94. The van der Waals surface area contributed by atoms with Gasteiger partial charge in [0.1, 0.15) is 0 Å². The summed E-state index contributed by atoms with van der Waals surface area (Å²) in [4.78, 5) is 0. The Balaban J connectivity index is 1.45. The van der Waals surface area contributed by atoms with Gasteiger partial charge in [-0.15, -0.1) is 0 Å². The average molecular weight is 443 g/mol. The summed E-state index contributed by atoms with van der Waals surface area (Å²) in [6, 6.07) is 33.7. The minimum absolute atomic E-state index is 0.526. The first-order valence-corrected chi connectivity index (χ1v) is 15.2. The Kier molecular flexibility index (Phi) is 4.78. The summed E-state index contributed by atoms with van der Waals surface area (Å²) in [7, 11) is -1.79. The van der Waals surface area contributed by atoms with Crippen LogP contribution in [0.1, 0.15) is 45.8 Å². The second-order valence-electron chi connectivity index (χ2n) is 10.4. The molecule has 0 aliphatic heterocycles. The minimum Gasteiger partial charge on any atom is -0.0755 e. The van der Waals surface area contributed by atoms with Crippen molar-refractivity contribution >= 4 is 30.5 Å². The SMILES string of the molecule is CC1=Cc2c(ccc3ccccc23)C1[Si](C)(C)C1C=C(Cc2ccccc2)c2ccccc21. The fourth-order valence-electron chi connectivity index (χ4n) is 6.48. The van der Waals surface area contributed by atoms with E-state index in [4.69, 9.17) is 0 Å². The molecule has 0 aromatic heterocycles. The zero-order valence-corrected chi connectivity index (χ0v) is 20.7. The molecule has 0 fully saturated rings. The molecule has 2 aliphatic rings. The van der Waals surface area contributed by atoms with E-state index in [2.05, 4.69) is 123 Å². The van der Waals surface area contributed by atoms with Crippen LogP contribution in [-0.2, 0) is 6.42 Å². The Morgan fingerprint density at radius 2 is 1.45 bits per heavy atom. The maximum absolute atomic E-state index is 2.64. The van der Waals surface area contributed by atoms with Gasteiger partial charge in [0.25, 0.3) is 0 Å². The van der Waals surface area contributed by atoms with Crippen LogP contribution in [0.5, 0.6) is 0 Å². The van der Waals surface area contributed by atoms with Crippen molar-refractivity contribution in [2.45, 2.75) is 37.5 Å². The van der Waals surface area contributed by atoms with Crippen molar-refractivity contribution in [3.63, 3.8) is 0 Å². The molecule has 2 atom stereocenters. The van der Waals surface area contributed by atoms with Gasteiger partial charge in [0, 0.05) is 5.54 Å². The van der Waals surface area contributed by atoms with E-state index in [0.29, 0.717) is 11.1 Å². The lowest BCUT2D eigenvalue weighted by Crippen LogP contribution is -2.41. The van der Waals surface area contributed by atoms with Gasteiger partial charge in [-0.3, -0.25) is 0 Å². The van der Waals surface area contributed by atoms with E-state index in [9.17, 15) is 0 Å². The predicted molar refractivity (Wildman–Crippen MR) is 145 cm³/mol. The summed E-state index contributed by atoms with van der Waals surface area (Å²) in [5.74, 6) is 0. The van der Waals surface area contributed by atoms with Gasteiger partial charge in [0.2, 0.25) is 0 Å². The van der Waals surface area contributed by atoms with Gasteiger partial charge in [-0.05, 0) is 63.0 Å². The smallest absolute Gasteiger partial charge is 0.0718 e. The Labute approximate surface area is 198 Å². The first-order valence-electron chi connectivity index (χ1n) is 12.1. The third kappa shape index (κ3) is 3.26. The van der Waals surface area contributed by atoms with E-state index < -0.39 is 8.07 Å². The summed E-state index contributed by atoms with van der Waals surface area (Å²) >= 11 is 0. The zero-order valence-electron chi connectivity index (χ0n) is 19.7. The van der Waals surface area contributed by atoms with Crippen molar-refractivity contribution in [3.05, 3.63) is 130 Å². The fourth-order valence-corrected chi connectivity index (χ4v) is 10.8. The summed E-state index contributed by atoms with van der Waals surface area (Å²) in [5, 5.41) is 2.74. The highest BCUT2D eigenvalue weighted by Gasteiger charge is 2.45. The maximum atomic E-state index is 2.64. The van der Waals surface area contributed by atoms with Gasteiger partial charge >= 0.3 is 0 Å². The Bertz CT molecular complexity index is 1420. The average Bonchev–Trinajstić information content (AvgIpc) is 3.38. The van der Waals surface area contributed by atoms with Crippen molar-refractivity contribution in [1.29, 1.82) is 0 Å². The molecule has 1 heteroatoms. The molecule has 4 aromatic carbocycles. The highest BCUT2D eigenvalue weighted by molar-refractivity contribution is 6.81. The van der Waals surface area contributed by atoms with Gasteiger partial charge in [-0.25, -0.2) is 0 Å². The molecule has 0 spiro atoms. The number of allylic oxidation sites excluding steroid dienone is 3. The number of fused-ring (bicyclic) bond motifs is 4. The van der Waals surface area contributed by atoms with Crippen LogP contribution in [0.15, 0.2) is 103 Å². The normalized spacial score (nSPS) is 19.2. The molecule has 0 bridgehead atoms. The second-order valence-corrected chi connectivity index (χ2v) is 15.2. The quantitative estimate of drug-likeness (QED) is 0.278. The first-order chi connectivity index (χ1) is 16.0. The Morgan fingerprint density at radius 3 is 2.30 bits per heavy atom. The fraction of sp³-hybridized carbons (Fsp3) is 0.188. The van der Waals surface area contributed by atoms with Gasteiger partial charge in [0.15, 0.2) is 0 Å². The van der Waals surface area contributed by atoms with Gasteiger partial charge in [-0.2, -0.15) is 0 Å². The molecule has 2 unspecified atom stereocenters. The molecule has 0 N–H and O–H groups in total. The van der Waals surface area contributed by atoms with Crippen LogP contribution in [-0.4, -0.2) is 8.07 Å². The Morgan fingerprint density at radius 1 is 0.727 bits per heavy atom. The van der Waals surface area contributed by atoms with Crippen molar-refractivity contribution in [2.24, 2.45) is 0 Å². The van der Waals surface area contributed by atoms with E-state index in [0.717, 1.165) is 6.42 Å². The highest BCUT2D eigenvalue weighted by atomic mass is 28.3. The van der Waals surface area contributed by atoms with Crippen molar-refractivity contribution in [2.75, 3.05) is 0 Å². The van der Waals surface area contributed by atoms with Crippen LogP contribution in [0.3, 0.4) is 0 Å². The lowest BCUT2D eigenvalue weighted by atomic mass is 9.99. The molecular formula is C32H30Si. The number of hydrogen-bond donors (Lipinski definition) is 0. The molecule has 162 valence electrons. The minimum atomic E-state index is -1.79. The van der Waals surface area contributed by atoms with Crippen molar-refractivity contribution in [3.8, 4) is 0 Å². The lowest BCUT2D eigenvalue weighted by molar-refractivity contribution is 1.00.